The van der Waals surface area contributed by atoms with Crippen LogP contribution in [0.1, 0.15) is 23.3 Å². The number of fused-ring (bicyclic) bond motifs is 1. The smallest absolute Gasteiger partial charge is 0.354 e. The lowest BCUT2D eigenvalue weighted by molar-refractivity contribution is 0.0691. The minimum absolute atomic E-state index is 0.00920. The average molecular weight is 258 g/mol. The molecule has 1 aliphatic carbocycles. The zero-order valence-electron chi connectivity index (χ0n) is 10.3. The molecule has 1 aromatic heterocycles. The fourth-order valence-electron chi connectivity index (χ4n) is 2.13. The Hall–Kier alpha value is -2.14. The highest BCUT2D eigenvalue weighted by Gasteiger charge is 2.42. The second kappa shape index (κ2) is 4.20. The van der Waals surface area contributed by atoms with Crippen molar-refractivity contribution in [2.24, 2.45) is 0 Å². The molecular weight excluding hydrogens is 244 g/mol. The van der Waals surface area contributed by atoms with Gasteiger partial charge in [0.1, 0.15) is 5.82 Å². The summed E-state index contributed by atoms with van der Waals surface area (Å²) < 4.78 is 0. The molecule has 0 spiro atoms. The van der Waals surface area contributed by atoms with Crippen molar-refractivity contribution in [3.8, 4) is 0 Å². The number of carboxylic acid groups (broad SMARTS) is 1. The lowest BCUT2D eigenvalue weighted by Gasteiger charge is -2.17. The van der Waals surface area contributed by atoms with Crippen LogP contribution >= 0.6 is 0 Å². The van der Waals surface area contributed by atoms with Crippen molar-refractivity contribution in [3.05, 3.63) is 36.0 Å². The molecule has 3 rings (SSSR count). The van der Waals surface area contributed by atoms with E-state index >= 15 is 0 Å². The largest absolute Gasteiger partial charge is 0.477 e. The topological polar surface area (TPSA) is 82.5 Å². The zero-order chi connectivity index (χ0) is 13.5. The number of carbonyl (C=O) groups is 1. The molecule has 1 aromatic carbocycles. The van der Waals surface area contributed by atoms with Gasteiger partial charge in [0.2, 0.25) is 0 Å². The van der Waals surface area contributed by atoms with Gasteiger partial charge in [-0.3, -0.25) is 0 Å². The molecule has 1 aliphatic rings. The number of aromatic carboxylic acids is 1. The molecule has 0 atom stereocenters. The molecule has 5 nitrogen and oxygen atoms in total. The lowest BCUT2D eigenvalue weighted by Crippen LogP contribution is -2.26. The quantitative estimate of drug-likeness (QED) is 0.779. The van der Waals surface area contributed by atoms with Gasteiger partial charge in [-0.1, -0.05) is 24.3 Å². The maximum absolute atomic E-state index is 11.1. The van der Waals surface area contributed by atoms with E-state index in [2.05, 4.69) is 10.3 Å². The van der Waals surface area contributed by atoms with Crippen LogP contribution in [0.4, 0.5) is 5.82 Å². The third-order valence-corrected chi connectivity index (χ3v) is 3.50. The summed E-state index contributed by atoms with van der Waals surface area (Å²) in [4.78, 5) is 15.3. The number of aliphatic hydroxyl groups is 1. The van der Waals surface area contributed by atoms with E-state index in [1.165, 1.54) is 0 Å². The number of nitrogens with one attached hydrogen (secondary N) is 1. The van der Waals surface area contributed by atoms with Gasteiger partial charge in [0.25, 0.3) is 0 Å². The fourth-order valence-corrected chi connectivity index (χ4v) is 2.13. The van der Waals surface area contributed by atoms with Gasteiger partial charge in [-0.15, -0.1) is 0 Å². The van der Waals surface area contributed by atoms with Crippen LogP contribution in [0.3, 0.4) is 0 Å². The molecule has 0 saturated heterocycles. The molecule has 2 aromatic rings. The lowest BCUT2D eigenvalue weighted by atomic mass is 10.1. The number of nitrogens with zero attached hydrogens (tertiary/aromatic N) is 1. The molecule has 0 bridgehead atoms. The first-order valence-corrected chi connectivity index (χ1v) is 6.16. The Kier molecular flexibility index (Phi) is 2.64. The number of hydrogen-bond acceptors (Lipinski definition) is 4. The molecule has 0 amide bonds. The van der Waals surface area contributed by atoms with Crippen LogP contribution in [0.25, 0.3) is 10.8 Å². The summed E-state index contributed by atoms with van der Waals surface area (Å²) in [5, 5.41) is 23.3. The number of benzene rings is 1. The Morgan fingerprint density at radius 2 is 2.11 bits per heavy atom. The van der Waals surface area contributed by atoms with Gasteiger partial charge in [0.05, 0.1) is 12.1 Å². The van der Waals surface area contributed by atoms with Crippen LogP contribution in [0.5, 0.6) is 0 Å². The second-order valence-corrected chi connectivity index (χ2v) is 4.95. The maximum Gasteiger partial charge on any atom is 0.354 e. The van der Waals surface area contributed by atoms with Crippen LogP contribution in [-0.4, -0.2) is 33.3 Å². The van der Waals surface area contributed by atoms with Crippen molar-refractivity contribution in [3.63, 3.8) is 0 Å². The van der Waals surface area contributed by atoms with Crippen molar-refractivity contribution in [1.82, 2.24) is 4.98 Å². The number of anilines is 1. The molecule has 0 radical (unpaired) electrons. The summed E-state index contributed by atoms with van der Waals surface area (Å²) in [5.74, 6) is -0.523. The van der Waals surface area contributed by atoms with Crippen molar-refractivity contribution < 1.29 is 15.0 Å². The number of pyridine rings is 1. The first-order chi connectivity index (χ1) is 9.13. The highest BCUT2D eigenvalue weighted by atomic mass is 16.4. The van der Waals surface area contributed by atoms with Gasteiger partial charge in [0, 0.05) is 5.39 Å². The van der Waals surface area contributed by atoms with E-state index in [1.807, 2.05) is 24.3 Å². The Morgan fingerprint density at radius 1 is 1.37 bits per heavy atom. The zero-order valence-corrected chi connectivity index (χ0v) is 10.3. The second-order valence-electron chi connectivity index (χ2n) is 4.95. The van der Waals surface area contributed by atoms with E-state index in [-0.39, 0.29) is 17.8 Å². The summed E-state index contributed by atoms with van der Waals surface area (Å²) in [6.07, 6.45) is 1.74. The summed E-state index contributed by atoms with van der Waals surface area (Å²) in [7, 11) is 0. The SMILES string of the molecule is O=C(O)c1cc2ccccc2c(NC2(CO)CC2)n1. The summed E-state index contributed by atoms with van der Waals surface area (Å²) >= 11 is 0. The van der Waals surface area contributed by atoms with Crippen molar-refractivity contribution in [1.29, 1.82) is 0 Å². The van der Waals surface area contributed by atoms with Gasteiger partial charge in [0.15, 0.2) is 5.69 Å². The number of aromatic nitrogens is 1. The Bertz CT molecular complexity index is 650. The van der Waals surface area contributed by atoms with E-state index in [4.69, 9.17) is 5.11 Å². The van der Waals surface area contributed by atoms with Crippen molar-refractivity contribution in [2.45, 2.75) is 18.4 Å². The van der Waals surface area contributed by atoms with E-state index in [9.17, 15) is 9.90 Å². The first-order valence-electron chi connectivity index (χ1n) is 6.16. The number of hydrogen-bond donors (Lipinski definition) is 3. The molecule has 0 unspecified atom stereocenters. The molecule has 1 fully saturated rings. The number of aliphatic hydroxyl groups excluding tert-OH is 1. The number of carboxylic acids is 1. The van der Waals surface area contributed by atoms with Crippen LogP contribution in [0.2, 0.25) is 0 Å². The molecule has 1 heterocycles. The normalized spacial score (nSPS) is 16.3. The van der Waals surface area contributed by atoms with Gasteiger partial charge in [-0.25, -0.2) is 9.78 Å². The number of rotatable bonds is 4. The van der Waals surface area contributed by atoms with E-state index < -0.39 is 5.97 Å². The van der Waals surface area contributed by atoms with E-state index in [1.54, 1.807) is 6.07 Å². The molecule has 1 saturated carbocycles. The molecule has 0 aliphatic heterocycles. The van der Waals surface area contributed by atoms with Crippen molar-refractivity contribution in [2.75, 3.05) is 11.9 Å². The molecular formula is C14H14N2O3. The Balaban J connectivity index is 2.12. The standard InChI is InChI=1S/C14H14N2O3/c17-8-14(5-6-14)16-12-10-4-2-1-3-9(10)7-11(15-12)13(18)19/h1-4,7,17H,5-6,8H2,(H,15,16)(H,18,19). The van der Waals surface area contributed by atoms with E-state index in [0.717, 1.165) is 23.6 Å². The Labute approximate surface area is 109 Å². The van der Waals surface area contributed by atoms with E-state index in [0.29, 0.717) is 5.82 Å². The highest BCUT2D eigenvalue weighted by molar-refractivity contribution is 5.97. The summed E-state index contributed by atoms with van der Waals surface area (Å²) in [6, 6.07) is 9.04. The minimum atomic E-state index is -1.05. The highest BCUT2D eigenvalue weighted by Crippen LogP contribution is 2.39. The molecule has 5 heteroatoms. The molecule has 98 valence electrons. The Morgan fingerprint density at radius 3 is 2.74 bits per heavy atom. The summed E-state index contributed by atoms with van der Waals surface area (Å²) in [6.45, 7) is 0.0281. The predicted octanol–water partition coefficient (Wildman–Crippen LogP) is 1.87. The maximum atomic E-state index is 11.1. The van der Waals surface area contributed by atoms with Gasteiger partial charge < -0.3 is 15.5 Å². The minimum Gasteiger partial charge on any atom is -0.477 e. The van der Waals surface area contributed by atoms with Crippen LogP contribution < -0.4 is 5.32 Å². The third-order valence-electron chi connectivity index (χ3n) is 3.50. The monoisotopic (exact) mass is 258 g/mol. The molecule has 3 N–H and O–H groups in total. The van der Waals surface area contributed by atoms with Gasteiger partial charge in [-0.05, 0) is 24.3 Å². The fraction of sp³-hybridized carbons (Fsp3) is 0.286. The van der Waals surface area contributed by atoms with Gasteiger partial charge in [-0.2, -0.15) is 0 Å². The van der Waals surface area contributed by atoms with Crippen LogP contribution in [-0.2, 0) is 0 Å². The summed E-state index contributed by atoms with van der Waals surface area (Å²) in [5.41, 5.74) is -0.317. The average Bonchev–Trinajstić information content (AvgIpc) is 3.19. The van der Waals surface area contributed by atoms with Crippen LogP contribution in [0.15, 0.2) is 30.3 Å². The van der Waals surface area contributed by atoms with Crippen LogP contribution in [0, 0.1) is 0 Å². The predicted molar refractivity (Wildman–Crippen MR) is 71.4 cm³/mol. The van der Waals surface area contributed by atoms with Gasteiger partial charge >= 0.3 is 5.97 Å². The third kappa shape index (κ3) is 2.13. The molecule has 19 heavy (non-hydrogen) atoms. The first kappa shape index (κ1) is 11.9. The van der Waals surface area contributed by atoms with Crippen molar-refractivity contribution >= 4 is 22.6 Å².